The van der Waals surface area contributed by atoms with Crippen molar-refractivity contribution >= 4 is 22.2 Å². The van der Waals surface area contributed by atoms with Gasteiger partial charge in [-0.05, 0) is 22.0 Å². The highest BCUT2D eigenvalue weighted by molar-refractivity contribution is 9.10. The maximum Gasteiger partial charge on any atom is 0.151 e. The summed E-state index contributed by atoms with van der Waals surface area (Å²) in [5.41, 5.74) is 0.636. The van der Waals surface area contributed by atoms with Crippen LogP contribution in [0.15, 0.2) is 16.9 Å². The van der Waals surface area contributed by atoms with Crippen molar-refractivity contribution in [3.05, 3.63) is 28.0 Å². The first kappa shape index (κ1) is 7.89. The van der Waals surface area contributed by atoms with Crippen molar-refractivity contribution in [3.63, 3.8) is 0 Å². The molecule has 0 saturated carbocycles. The second-order valence-corrected chi connectivity index (χ2v) is 2.55. The molecule has 0 aromatic carbocycles. The van der Waals surface area contributed by atoms with Gasteiger partial charge in [0.15, 0.2) is 6.29 Å². The summed E-state index contributed by atoms with van der Waals surface area (Å²) >= 11 is 3.06. The van der Waals surface area contributed by atoms with E-state index in [4.69, 9.17) is 5.26 Å². The van der Waals surface area contributed by atoms with Crippen molar-refractivity contribution in [1.29, 1.82) is 5.26 Å². The molecular weight excluding hydrogens is 208 g/mol. The number of aldehydes is 1. The third-order valence-electron chi connectivity index (χ3n) is 1.18. The van der Waals surface area contributed by atoms with Crippen LogP contribution in [0.2, 0.25) is 0 Å². The molecule has 0 aliphatic rings. The minimum atomic E-state index is 0.280. The summed E-state index contributed by atoms with van der Waals surface area (Å²) in [7, 11) is 0. The Kier molecular flexibility index (Phi) is 2.34. The summed E-state index contributed by atoms with van der Waals surface area (Å²) in [6.45, 7) is 0. The summed E-state index contributed by atoms with van der Waals surface area (Å²) in [6, 6.07) is 3.37. The van der Waals surface area contributed by atoms with Gasteiger partial charge in [-0.3, -0.25) is 4.79 Å². The SMILES string of the molecule is N#Cc1c(C=O)ccnc1Br. The lowest BCUT2D eigenvalue weighted by Gasteiger charge is -1.94. The van der Waals surface area contributed by atoms with Gasteiger partial charge in [-0.25, -0.2) is 4.98 Å². The van der Waals surface area contributed by atoms with Crippen LogP contribution in [-0.2, 0) is 0 Å². The molecule has 1 heterocycles. The van der Waals surface area contributed by atoms with Crippen molar-refractivity contribution in [2.75, 3.05) is 0 Å². The van der Waals surface area contributed by atoms with Gasteiger partial charge in [-0.1, -0.05) is 0 Å². The molecule has 0 fully saturated rings. The number of carbonyl (C=O) groups is 1. The molecule has 0 N–H and O–H groups in total. The predicted molar refractivity (Wildman–Crippen MR) is 42.0 cm³/mol. The summed E-state index contributed by atoms with van der Waals surface area (Å²) in [6.07, 6.45) is 2.10. The molecule has 0 unspecified atom stereocenters. The van der Waals surface area contributed by atoms with Crippen molar-refractivity contribution in [3.8, 4) is 6.07 Å². The minimum absolute atomic E-state index is 0.280. The topological polar surface area (TPSA) is 53.8 Å². The van der Waals surface area contributed by atoms with E-state index in [0.717, 1.165) is 0 Å². The van der Waals surface area contributed by atoms with Gasteiger partial charge in [-0.15, -0.1) is 0 Å². The molecule has 4 heteroatoms. The van der Waals surface area contributed by atoms with E-state index in [2.05, 4.69) is 20.9 Å². The van der Waals surface area contributed by atoms with Crippen molar-refractivity contribution in [2.45, 2.75) is 0 Å². The van der Waals surface area contributed by atoms with Crippen LogP contribution in [0.3, 0.4) is 0 Å². The van der Waals surface area contributed by atoms with E-state index < -0.39 is 0 Å². The maximum atomic E-state index is 10.3. The highest BCUT2D eigenvalue weighted by atomic mass is 79.9. The molecule has 0 amide bonds. The van der Waals surface area contributed by atoms with Crippen molar-refractivity contribution < 1.29 is 4.79 Å². The summed E-state index contributed by atoms with van der Waals surface area (Å²) in [5.74, 6) is 0. The highest BCUT2D eigenvalue weighted by Crippen LogP contribution is 2.14. The van der Waals surface area contributed by atoms with Crippen molar-refractivity contribution in [1.82, 2.24) is 4.98 Å². The molecule has 1 aromatic rings. The Morgan fingerprint density at radius 3 is 2.91 bits per heavy atom. The molecule has 0 aliphatic carbocycles. The number of hydrogen-bond donors (Lipinski definition) is 0. The van der Waals surface area contributed by atoms with Crippen LogP contribution in [0, 0.1) is 11.3 Å². The molecule has 0 saturated heterocycles. The van der Waals surface area contributed by atoms with Crippen LogP contribution in [0.4, 0.5) is 0 Å². The van der Waals surface area contributed by atoms with Gasteiger partial charge in [-0.2, -0.15) is 5.26 Å². The second kappa shape index (κ2) is 3.26. The first-order chi connectivity index (χ1) is 5.29. The fourth-order valence-electron chi connectivity index (χ4n) is 0.659. The Bertz CT molecular complexity index is 330. The molecule has 0 radical (unpaired) electrons. The number of hydrogen-bond acceptors (Lipinski definition) is 3. The molecular formula is C7H3BrN2O. The Morgan fingerprint density at radius 2 is 2.45 bits per heavy atom. The average molecular weight is 211 g/mol. The van der Waals surface area contributed by atoms with Crippen LogP contribution in [0.5, 0.6) is 0 Å². The zero-order valence-electron chi connectivity index (χ0n) is 5.41. The van der Waals surface area contributed by atoms with Crippen LogP contribution in [0.25, 0.3) is 0 Å². The van der Waals surface area contributed by atoms with Gasteiger partial charge in [0.2, 0.25) is 0 Å². The summed E-state index contributed by atoms with van der Waals surface area (Å²) < 4.78 is 0.407. The molecule has 3 nitrogen and oxygen atoms in total. The van der Waals surface area contributed by atoms with E-state index >= 15 is 0 Å². The Hall–Kier alpha value is -1.21. The van der Waals surface area contributed by atoms with Crippen molar-refractivity contribution in [2.24, 2.45) is 0 Å². The van der Waals surface area contributed by atoms with Gasteiger partial charge in [0, 0.05) is 11.8 Å². The van der Waals surface area contributed by atoms with E-state index in [1.807, 2.05) is 6.07 Å². The molecule has 0 bridgehead atoms. The fraction of sp³-hybridized carbons (Fsp3) is 0. The summed E-state index contributed by atoms with van der Waals surface area (Å²) in [5, 5.41) is 8.55. The molecule has 0 aliphatic heterocycles. The molecule has 1 rings (SSSR count). The molecule has 54 valence electrons. The van der Waals surface area contributed by atoms with Crippen LogP contribution >= 0.6 is 15.9 Å². The van der Waals surface area contributed by atoms with Crippen LogP contribution in [0.1, 0.15) is 15.9 Å². The largest absolute Gasteiger partial charge is 0.298 e. The smallest absolute Gasteiger partial charge is 0.151 e. The Balaban J connectivity index is 3.38. The van der Waals surface area contributed by atoms with E-state index in [0.29, 0.717) is 16.5 Å². The van der Waals surface area contributed by atoms with Gasteiger partial charge < -0.3 is 0 Å². The standard InChI is InChI=1S/C7H3BrN2O/c8-7-6(3-9)5(4-11)1-2-10-7/h1-2,4H. The average Bonchev–Trinajstić information content (AvgIpc) is 2.04. The van der Waals surface area contributed by atoms with Gasteiger partial charge >= 0.3 is 0 Å². The summed E-state index contributed by atoms with van der Waals surface area (Å²) in [4.78, 5) is 14.1. The number of halogens is 1. The lowest BCUT2D eigenvalue weighted by Crippen LogP contribution is -1.90. The number of rotatable bonds is 1. The number of aromatic nitrogens is 1. The minimum Gasteiger partial charge on any atom is -0.298 e. The predicted octanol–water partition coefficient (Wildman–Crippen LogP) is 1.53. The van der Waals surface area contributed by atoms with Gasteiger partial charge in [0.1, 0.15) is 10.7 Å². The Morgan fingerprint density at radius 1 is 1.73 bits per heavy atom. The quantitative estimate of drug-likeness (QED) is 0.522. The number of nitrogens with zero attached hydrogens (tertiary/aromatic N) is 2. The zero-order chi connectivity index (χ0) is 8.27. The van der Waals surface area contributed by atoms with Crippen LogP contribution in [-0.4, -0.2) is 11.3 Å². The molecule has 1 aromatic heterocycles. The van der Waals surface area contributed by atoms with Gasteiger partial charge in [0.05, 0.1) is 5.56 Å². The van der Waals surface area contributed by atoms with Gasteiger partial charge in [0.25, 0.3) is 0 Å². The fourth-order valence-corrected chi connectivity index (χ4v) is 1.09. The first-order valence-corrected chi connectivity index (χ1v) is 3.58. The molecule has 0 spiro atoms. The Labute approximate surface area is 71.8 Å². The number of pyridine rings is 1. The van der Waals surface area contributed by atoms with E-state index in [1.54, 1.807) is 0 Å². The monoisotopic (exact) mass is 210 g/mol. The van der Waals surface area contributed by atoms with E-state index in [9.17, 15) is 4.79 Å². The normalized spacial score (nSPS) is 8.73. The first-order valence-electron chi connectivity index (χ1n) is 2.79. The number of nitriles is 1. The lowest BCUT2D eigenvalue weighted by molar-refractivity contribution is 0.112. The lowest BCUT2D eigenvalue weighted by atomic mass is 10.2. The maximum absolute atomic E-state index is 10.3. The highest BCUT2D eigenvalue weighted by Gasteiger charge is 2.04. The zero-order valence-corrected chi connectivity index (χ0v) is 7.00. The third kappa shape index (κ3) is 1.44. The van der Waals surface area contributed by atoms with E-state index in [-0.39, 0.29) is 5.56 Å². The second-order valence-electron chi connectivity index (χ2n) is 1.80. The van der Waals surface area contributed by atoms with Crippen LogP contribution < -0.4 is 0 Å². The van der Waals surface area contributed by atoms with E-state index in [1.165, 1.54) is 12.3 Å². The molecule has 11 heavy (non-hydrogen) atoms. The third-order valence-corrected chi connectivity index (χ3v) is 1.78. The number of carbonyl (C=O) groups excluding carboxylic acids is 1. The molecule has 0 atom stereocenters.